The van der Waals surface area contributed by atoms with Crippen molar-refractivity contribution in [3.8, 4) is 11.5 Å². The van der Waals surface area contributed by atoms with E-state index in [2.05, 4.69) is 5.32 Å². The maximum Gasteiger partial charge on any atom is 0.223 e. The van der Waals surface area contributed by atoms with Gasteiger partial charge >= 0.3 is 0 Å². The van der Waals surface area contributed by atoms with Gasteiger partial charge in [0.05, 0.1) is 13.7 Å². The van der Waals surface area contributed by atoms with Gasteiger partial charge in [-0.1, -0.05) is 6.07 Å². The fraction of sp³-hybridized carbons (Fsp3) is 0.533. The van der Waals surface area contributed by atoms with Crippen molar-refractivity contribution in [2.45, 2.75) is 19.9 Å². The zero-order valence-electron chi connectivity index (χ0n) is 12.7. The Morgan fingerprint density at radius 2 is 2.05 bits per heavy atom. The molecule has 0 aromatic heterocycles. The van der Waals surface area contributed by atoms with Gasteiger partial charge in [0.2, 0.25) is 5.91 Å². The number of methoxy groups -OCH3 is 1. The highest BCUT2D eigenvalue weighted by atomic mass is 16.5. The first kappa shape index (κ1) is 16.3. The lowest BCUT2D eigenvalue weighted by Gasteiger charge is -2.12. The van der Waals surface area contributed by atoms with Gasteiger partial charge in [-0.25, -0.2) is 0 Å². The molecule has 0 atom stereocenters. The van der Waals surface area contributed by atoms with Crippen LogP contribution in [0.3, 0.4) is 0 Å². The molecule has 5 heteroatoms. The van der Waals surface area contributed by atoms with Gasteiger partial charge in [-0.05, 0) is 24.6 Å². The van der Waals surface area contributed by atoms with Gasteiger partial charge in [-0.2, -0.15) is 0 Å². The summed E-state index contributed by atoms with van der Waals surface area (Å²) in [6.45, 7) is 3.91. The second kappa shape index (κ2) is 8.43. The third-order valence-electron chi connectivity index (χ3n) is 2.87. The first-order valence-electron chi connectivity index (χ1n) is 6.79. The maximum absolute atomic E-state index is 11.4. The Balaban J connectivity index is 2.46. The van der Waals surface area contributed by atoms with Crippen molar-refractivity contribution in [1.29, 1.82) is 0 Å². The van der Waals surface area contributed by atoms with E-state index in [4.69, 9.17) is 9.47 Å². The first-order valence-corrected chi connectivity index (χ1v) is 6.79. The van der Waals surface area contributed by atoms with E-state index < -0.39 is 0 Å². The third-order valence-corrected chi connectivity index (χ3v) is 2.87. The monoisotopic (exact) mass is 280 g/mol. The molecule has 1 aromatic carbocycles. The van der Waals surface area contributed by atoms with Gasteiger partial charge in [-0.15, -0.1) is 0 Å². The molecular weight excluding hydrogens is 256 g/mol. The van der Waals surface area contributed by atoms with Crippen LogP contribution in [0.4, 0.5) is 0 Å². The van der Waals surface area contributed by atoms with Crippen LogP contribution in [0.25, 0.3) is 0 Å². The van der Waals surface area contributed by atoms with E-state index in [0.29, 0.717) is 26.1 Å². The number of hydrogen-bond donors (Lipinski definition) is 1. The summed E-state index contributed by atoms with van der Waals surface area (Å²) in [6, 6.07) is 5.85. The van der Waals surface area contributed by atoms with Crippen LogP contribution in [-0.4, -0.2) is 45.2 Å². The summed E-state index contributed by atoms with van der Waals surface area (Å²) in [5.74, 6) is 1.61. The summed E-state index contributed by atoms with van der Waals surface area (Å²) in [5.41, 5.74) is 1.10. The molecule has 1 aromatic rings. The number of amides is 1. The van der Waals surface area contributed by atoms with Crippen molar-refractivity contribution in [1.82, 2.24) is 10.2 Å². The number of nitrogens with one attached hydrogen (secondary N) is 1. The quantitative estimate of drug-likeness (QED) is 0.736. The zero-order valence-corrected chi connectivity index (χ0v) is 12.7. The molecule has 5 nitrogen and oxygen atoms in total. The van der Waals surface area contributed by atoms with Gasteiger partial charge < -0.3 is 19.7 Å². The minimum atomic E-state index is 0.127. The van der Waals surface area contributed by atoms with Gasteiger partial charge in [0.1, 0.15) is 0 Å². The fourth-order valence-electron chi connectivity index (χ4n) is 1.75. The van der Waals surface area contributed by atoms with Crippen LogP contribution in [0, 0.1) is 0 Å². The van der Waals surface area contributed by atoms with Crippen molar-refractivity contribution in [3.05, 3.63) is 23.8 Å². The lowest BCUT2D eigenvalue weighted by atomic mass is 10.2. The second-order valence-electron chi connectivity index (χ2n) is 4.63. The lowest BCUT2D eigenvalue weighted by molar-refractivity contribution is -0.128. The number of carbonyl (C=O) groups excluding carboxylic acids is 1. The predicted molar refractivity (Wildman–Crippen MR) is 79.2 cm³/mol. The number of rotatable bonds is 8. The smallest absolute Gasteiger partial charge is 0.223 e. The molecule has 0 bridgehead atoms. The highest BCUT2D eigenvalue weighted by Gasteiger charge is 2.06. The van der Waals surface area contributed by atoms with E-state index in [1.54, 1.807) is 26.1 Å². The van der Waals surface area contributed by atoms with Crippen molar-refractivity contribution in [3.63, 3.8) is 0 Å². The summed E-state index contributed by atoms with van der Waals surface area (Å²) in [6.07, 6.45) is 0.501. The van der Waals surface area contributed by atoms with Gasteiger partial charge in [0.25, 0.3) is 0 Å². The Bertz CT molecular complexity index is 433. The van der Waals surface area contributed by atoms with Crippen LogP contribution in [-0.2, 0) is 11.3 Å². The molecular formula is C15H24N2O3. The molecule has 1 N–H and O–H groups in total. The molecule has 0 unspecified atom stereocenters. The SMILES string of the molecule is CCOc1ccc(CNCCC(=O)N(C)C)cc1OC. The maximum atomic E-state index is 11.4. The molecule has 0 fully saturated rings. The van der Waals surface area contributed by atoms with Crippen LogP contribution < -0.4 is 14.8 Å². The predicted octanol–water partition coefficient (Wildman–Crippen LogP) is 1.66. The average Bonchev–Trinajstić information content (AvgIpc) is 2.44. The van der Waals surface area contributed by atoms with E-state index in [1.165, 1.54) is 0 Å². The average molecular weight is 280 g/mol. The molecule has 112 valence electrons. The van der Waals surface area contributed by atoms with E-state index in [-0.39, 0.29) is 5.91 Å². The van der Waals surface area contributed by atoms with Gasteiger partial charge in [0.15, 0.2) is 11.5 Å². The summed E-state index contributed by atoms with van der Waals surface area (Å²) < 4.78 is 10.8. The summed E-state index contributed by atoms with van der Waals surface area (Å²) in [4.78, 5) is 13.0. The van der Waals surface area contributed by atoms with Crippen molar-refractivity contribution in [2.75, 3.05) is 34.4 Å². The van der Waals surface area contributed by atoms with E-state index in [1.807, 2.05) is 25.1 Å². The second-order valence-corrected chi connectivity index (χ2v) is 4.63. The van der Waals surface area contributed by atoms with Crippen LogP contribution >= 0.6 is 0 Å². The van der Waals surface area contributed by atoms with Crippen molar-refractivity contribution >= 4 is 5.91 Å². The molecule has 20 heavy (non-hydrogen) atoms. The Hall–Kier alpha value is -1.75. The van der Waals surface area contributed by atoms with Crippen molar-refractivity contribution < 1.29 is 14.3 Å². The largest absolute Gasteiger partial charge is 0.493 e. The zero-order chi connectivity index (χ0) is 15.0. The highest BCUT2D eigenvalue weighted by Crippen LogP contribution is 2.27. The molecule has 0 saturated heterocycles. The molecule has 0 spiro atoms. The molecule has 0 radical (unpaired) electrons. The lowest BCUT2D eigenvalue weighted by Crippen LogP contribution is -2.26. The third kappa shape index (κ3) is 5.09. The number of benzene rings is 1. The summed E-state index contributed by atoms with van der Waals surface area (Å²) in [5, 5.41) is 3.25. The number of carbonyl (C=O) groups is 1. The molecule has 0 saturated carbocycles. The van der Waals surface area contributed by atoms with E-state index in [9.17, 15) is 4.79 Å². The van der Waals surface area contributed by atoms with E-state index in [0.717, 1.165) is 17.1 Å². The Labute approximate surface area is 120 Å². The minimum absolute atomic E-state index is 0.127. The van der Waals surface area contributed by atoms with Gasteiger partial charge in [0, 0.05) is 33.6 Å². The molecule has 1 amide bonds. The Morgan fingerprint density at radius 1 is 1.30 bits per heavy atom. The normalized spacial score (nSPS) is 10.2. The first-order chi connectivity index (χ1) is 9.58. The van der Waals surface area contributed by atoms with Crippen LogP contribution in [0.5, 0.6) is 11.5 Å². The molecule has 0 aliphatic carbocycles. The van der Waals surface area contributed by atoms with Crippen LogP contribution in [0.2, 0.25) is 0 Å². The summed E-state index contributed by atoms with van der Waals surface area (Å²) in [7, 11) is 5.16. The molecule has 0 aliphatic heterocycles. The standard InChI is InChI=1S/C15H24N2O3/c1-5-20-13-7-6-12(10-14(13)19-4)11-16-9-8-15(18)17(2)3/h6-7,10,16H,5,8-9,11H2,1-4H3. The molecule has 0 aliphatic rings. The minimum Gasteiger partial charge on any atom is -0.493 e. The van der Waals surface area contributed by atoms with Crippen LogP contribution in [0.1, 0.15) is 18.9 Å². The number of nitrogens with zero attached hydrogens (tertiary/aromatic N) is 1. The highest BCUT2D eigenvalue weighted by molar-refractivity contribution is 5.75. The Kier molecular flexibility index (Phi) is 6.87. The summed E-state index contributed by atoms with van der Waals surface area (Å²) >= 11 is 0. The van der Waals surface area contributed by atoms with Gasteiger partial charge in [-0.3, -0.25) is 4.79 Å². The van der Waals surface area contributed by atoms with Crippen LogP contribution in [0.15, 0.2) is 18.2 Å². The topological polar surface area (TPSA) is 50.8 Å². The molecule has 0 heterocycles. The molecule has 1 rings (SSSR count). The van der Waals surface area contributed by atoms with E-state index >= 15 is 0 Å². The fourth-order valence-corrected chi connectivity index (χ4v) is 1.75. The van der Waals surface area contributed by atoms with Crippen molar-refractivity contribution in [2.24, 2.45) is 0 Å². The number of hydrogen-bond acceptors (Lipinski definition) is 4. The Morgan fingerprint density at radius 3 is 2.65 bits per heavy atom. The number of ether oxygens (including phenoxy) is 2.